The fourth-order valence-electron chi connectivity index (χ4n) is 2.05. The highest BCUT2D eigenvalue weighted by atomic mass is 16.5. The molecule has 2 N–H and O–H groups in total. The summed E-state index contributed by atoms with van der Waals surface area (Å²) in [5.74, 6) is 2.12. The highest BCUT2D eigenvalue weighted by Crippen LogP contribution is 2.33. The molecule has 0 aliphatic heterocycles. The normalized spacial score (nSPS) is 12.2. The zero-order chi connectivity index (χ0) is 14.5. The summed E-state index contributed by atoms with van der Waals surface area (Å²) in [6, 6.07) is 7.31. The Hall–Kier alpha value is -2.01. The summed E-state index contributed by atoms with van der Waals surface area (Å²) in [7, 11) is 3.23. The lowest BCUT2D eigenvalue weighted by molar-refractivity contribution is 0.355. The van der Waals surface area contributed by atoms with Gasteiger partial charge in [0.05, 0.1) is 20.3 Å². The van der Waals surface area contributed by atoms with Crippen molar-refractivity contribution in [2.24, 2.45) is 5.73 Å². The Bertz CT molecular complexity index is 566. The van der Waals surface area contributed by atoms with Crippen LogP contribution in [0.15, 0.2) is 28.8 Å². The van der Waals surface area contributed by atoms with E-state index < -0.39 is 0 Å². The van der Waals surface area contributed by atoms with Crippen LogP contribution in [0.3, 0.4) is 0 Å². The molecule has 5 heteroatoms. The van der Waals surface area contributed by atoms with Crippen LogP contribution in [0.2, 0.25) is 0 Å². The van der Waals surface area contributed by atoms with Gasteiger partial charge in [-0.05, 0) is 18.6 Å². The first kappa shape index (κ1) is 14.4. The van der Waals surface area contributed by atoms with Crippen molar-refractivity contribution in [1.29, 1.82) is 0 Å². The number of rotatable bonds is 6. The van der Waals surface area contributed by atoms with Crippen molar-refractivity contribution >= 4 is 0 Å². The third kappa shape index (κ3) is 2.93. The molecule has 0 aliphatic rings. The van der Waals surface area contributed by atoms with Gasteiger partial charge in [0.25, 0.3) is 0 Å². The molecular weight excluding hydrogens is 256 g/mol. The van der Waals surface area contributed by atoms with Crippen molar-refractivity contribution < 1.29 is 14.0 Å². The summed E-state index contributed by atoms with van der Waals surface area (Å²) >= 11 is 0. The summed E-state index contributed by atoms with van der Waals surface area (Å²) in [5.41, 5.74) is 7.60. The molecule has 5 nitrogen and oxygen atoms in total. The molecule has 0 saturated heterocycles. The van der Waals surface area contributed by atoms with E-state index in [1.165, 1.54) is 0 Å². The van der Waals surface area contributed by atoms with Crippen molar-refractivity contribution in [1.82, 2.24) is 5.16 Å². The maximum atomic E-state index is 6.03. The average Bonchev–Trinajstić information content (AvgIpc) is 2.96. The van der Waals surface area contributed by atoms with Gasteiger partial charge in [-0.15, -0.1) is 0 Å². The summed E-state index contributed by atoms with van der Waals surface area (Å²) < 4.78 is 15.9. The van der Waals surface area contributed by atoms with E-state index >= 15 is 0 Å². The Kier molecular flexibility index (Phi) is 4.63. The van der Waals surface area contributed by atoms with Gasteiger partial charge in [-0.3, -0.25) is 0 Å². The Morgan fingerprint density at radius 3 is 2.70 bits per heavy atom. The Morgan fingerprint density at radius 2 is 2.05 bits per heavy atom. The summed E-state index contributed by atoms with van der Waals surface area (Å²) in [6.07, 6.45) is 1.87. The molecule has 0 amide bonds. The highest BCUT2D eigenvalue weighted by Gasteiger charge is 2.16. The molecule has 0 aliphatic carbocycles. The Morgan fingerprint density at radius 1 is 1.25 bits per heavy atom. The van der Waals surface area contributed by atoms with E-state index in [2.05, 4.69) is 12.1 Å². The van der Waals surface area contributed by atoms with Gasteiger partial charge in [-0.2, -0.15) is 0 Å². The van der Waals surface area contributed by atoms with Gasteiger partial charge in [0.1, 0.15) is 17.2 Å². The number of ether oxygens (including phenoxy) is 2. The lowest BCUT2D eigenvalue weighted by Gasteiger charge is -2.08. The van der Waals surface area contributed by atoms with E-state index in [0.29, 0.717) is 17.2 Å². The van der Waals surface area contributed by atoms with Crippen LogP contribution >= 0.6 is 0 Å². The van der Waals surface area contributed by atoms with Crippen LogP contribution in [0, 0.1) is 0 Å². The molecule has 0 bridgehead atoms. The first-order chi connectivity index (χ1) is 9.69. The number of aromatic nitrogens is 1. The molecule has 1 atom stereocenters. The molecule has 2 rings (SSSR count). The van der Waals surface area contributed by atoms with E-state index in [9.17, 15) is 0 Å². The van der Waals surface area contributed by atoms with Gasteiger partial charge in [-0.1, -0.05) is 18.5 Å². The fourth-order valence-corrected chi connectivity index (χ4v) is 2.05. The Balaban J connectivity index is 2.32. The maximum absolute atomic E-state index is 6.03. The smallest absolute Gasteiger partial charge is 0.154 e. The van der Waals surface area contributed by atoms with Gasteiger partial charge >= 0.3 is 0 Å². The predicted molar refractivity (Wildman–Crippen MR) is 76.9 cm³/mol. The zero-order valence-corrected chi connectivity index (χ0v) is 12.1. The highest BCUT2D eigenvalue weighted by molar-refractivity contribution is 5.68. The minimum Gasteiger partial charge on any atom is -0.497 e. The molecule has 1 aromatic heterocycles. The number of benzene rings is 1. The van der Waals surface area contributed by atoms with Crippen LogP contribution in [0.5, 0.6) is 11.5 Å². The van der Waals surface area contributed by atoms with Gasteiger partial charge in [0.15, 0.2) is 5.76 Å². The van der Waals surface area contributed by atoms with Crippen molar-refractivity contribution in [3.63, 3.8) is 0 Å². The number of methoxy groups -OCH3 is 2. The molecule has 1 heterocycles. The van der Waals surface area contributed by atoms with Gasteiger partial charge in [0.2, 0.25) is 0 Å². The van der Waals surface area contributed by atoms with Gasteiger partial charge in [-0.25, -0.2) is 0 Å². The average molecular weight is 276 g/mol. The number of nitrogens with two attached hydrogens (primary N) is 1. The molecule has 108 valence electrons. The SMILES string of the molecule is CCCC(N)c1cc(-c2ccc(OC)cc2OC)no1. The number of hydrogen-bond acceptors (Lipinski definition) is 5. The number of nitrogens with zero attached hydrogens (tertiary/aromatic N) is 1. The van der Waals surface area contributed by atoms with E-state index in [-0.39, 0.29) is 6.04 Å². The first-order valence-corrected chi connectivity index (χ1v) is 6.64. The summed E-state index contributed by atoms with van der Waals surface area (Å²) in [5, 5.41) is 4.08. The molecule has 1 aromatic carbocycles. The second kappa shape index (κ2) is 6.43. The lowest BCUT2D eigenvalue weighted by atomic mass is 10.1. The second-order valence-corrected chi connectivity index (χ2v) is 4.58. The number of hydrogen-bond donors (Lipinski definition) is 1. The van der Waals surface area contributed by atoms with Crippen LogP contribution in [0.25, 0.3) is 11.3 Å². The van der Waals surface area contributed by atoms with Crippen LogP contribution in [0.4, 0.5) is 0 Å². The topological polar surface area (TPSA) is 70.5 Å². The lowest BCUT2D eigenvalue weighted by Crippen LogP contribution is -2.08. The monoisotopic (exact) mass is 276 g/mol. The van der Waals surface area contributed by atoms with Crippen molar-refractivity contribution in [3.8, 4) is 22.8 Å². The van der Waals surface area contributed by atoms with Crippen LogP contribution in [0.1, 0.15) is 31.6 Å². The van der Waals surface area contributed by atoms with Gasteiger partial charge < -0.3 is 19.7 Å². The minimum atomic E-state index is -0.120. The largest absolute Gasteiger partial charge is 0.497 e. The third-order valence-corrected chi connectivity index (χ3v) is 3.18. The molecular formula is C15H20N2O3. The molecule has 2 aromatic rings. The van der Waals surface area contributed by atoms with Crippen molar-refractivity contribution in [2.75, 3.05) is 14.2 Å². The summed E-state index contributed by atoms with van der Waals surface area (Å²) in [6.45, 7) is 2.09. The van der Waals surface area contributed by atoms with E-state index in [1.54, 1.807) is 14.2 Å². The quantitative estimate of drug-likeness (QED) is 0.877. The standard InChI is InChI=1S/C15H20N2O3/c1-4-5-12(16)15-9-13(17-20-15)11-7-6-10(18-2)8-14(11)19-3/h6-9,12H,4-5,16H2,1-3H3. The van der Waals surface area contributed by atoms with E-state index in [0.717, 1.165) is 24.2 Å². The third-order valence-electron chi connectivity index (χ3n) is 3.18. The van der Waals surface area contributed by atoms with Crippen LogP contribution in [-0.4, -0.2) is 19.4 Å². The predicted octanol–water partition coefficient (Wildman–Crippen LogP) is 3.16. The molecule has 20 heavy (non-hydrogen) atoms. The molecule has 0 fully saturated rings. The molecule has 1 unspecified atom stereocenters. The first-order valence-electron chi connectivity index (χ1n) is 6.64. The van der Waals surface area contributed by atoms with E-state index in [1.807, 2.05) is 24.3 Å². The van der Waals surface area contributed by atoms with Gasteiger partial charge in [0, 0.05) is 17.7 Å². The van der Waals surface area contributed by atoms with Crippen molar-refractivity contribution in [2.45, 2.75) is 25.8 Å². The zero-order valence-electron chi connectivity index (χ0n) is 12.1. The van der Waals surface area contributed by atoms with Crippen molar-refractivity contribution in [3.05, 3.63) is 30.0 Å². The maximum Gasteiger partial charge on any atom is 0.154 e. The molecule has 0 radical (unpaired) electrons. The molecule has 0 saturated carbocycles. The Labute approximate surface area is 118 Å². The molecule has 0 spiro atoms. The second-order valence-electron chi connectivity index (χ2n) is 4.58. The summed E-state index contributed by atoms with van der Waals surface area (Å²) in [4.78, 5) is 0. The fraction of sp³-hybridized carbons (Fsp3) is 0.400. The van der Waals surface area contributed by atoms with Crippen LogP contribution < -0.4 is 15.2 Å². The van der Waals surface area contributed by atoms with E-state index in [4.69, 9.17) is 19.7 Å². The minimum absolute atomic E-state index is 0.120. The van der Waals surface area contributed by atoms with Crippen LogP contribution in [-0.2, 0) is 0 Å².